The molecule has 3 nitrogen and oxygen atoms in total. The number of nitrogens with one attached hydrogen (secondary N) is 1. The second-order valence-electron chi connectivity index (χ2n) is 7.16. The van der Waals surface area contributed by atoms with Crippen LogP contribution in [0.25, 0.3) is 0 Å². The summed E-state index contributed by atoms with van der Waals surface area (Å²) in [5, 5.41) is 3.39. The van der Waals surface area contributed by atoms with E-state index in [-0.39, 0.29) is 5.91 Å². The fraction of sp³-hybridized carbons (Fsp3) is 0.933. The van der Waals surface area contributed by atoms with Gasteiger partial charge in [-0.1, -0.05) is 34.6 Å². The average Bonchev–Trinajstić information content (AvgIpc) is 2.21. The Morgan fingerprint density at radius 2 is 1.84 bits per heavy atom. The first-order valence-electron chi connectivity index (χ1n) is 7.13. The van der Waals surface area contributed by atoms with E-state index in [2.05, 4.69) is 58.9 Å². The van der Waals surface area contributed by atoms with Crippen molar-refractivity contribution in [3.8, 4) is 0 Å². The maximum absolute atomic E-state index is 11.9. The van der Waals surface area contributed by atoms with E-state index in [9.17, 15) is 4.79 Å². The minimum absolute atomic E-state index is 0.182. The van der Waals surface area contributed by atoms with Crippen LogP contribution in [0.3, 0.4) is 0 Å². The van der Waals surface area contributed by atoms with Crippen molar-refractivity contribution in [2.24, 2.45) is 11.3 Å². The lowest BCUT2D eigenvalue weighted by Crippen LogP contribution is -2.33. The molecule has 1 amide bonds. The first-order valence-corrected chi connectivity index (χ1v) is 8.18. The van der Waals surface area contributed by atoms with Gasteiger partial charge in [0.2, 0.25) is 5.91 Å². The number of carbonyl (C=O) groups excluding carboxylic acids is 1. The molecule has 1 N–H and O–H groups in total. The highest BCUT2D eigenvalue weighted by atomic mass is 32.2. The van der Waals surface area contributed by atoms with E-state index < -0.39 is 0 Å². The Morgan fingerprint density at radius 1 is 1.26 bits per heavy atom. The summed E-state index contributed by atoms with van der Waals surface area (Å²) in [6, 6.07) is 0. The van der Waals surface area contributed by atoms with E-state index in [1.54, 1.807) is 0 Å². The van der Waals surface area contributed by atoms with Crippen LogP contribution in [0.15, 0.2) is 0 Å². The molecule has 0 aliphatic rings. The zero-order valence-corrected chi connectivity index (χ0v) is 14.6. The van der Waals surface area contributed by atoms with E-state index in [0.717, 1.165) is 18.8 Å². The quantitative estimate of drug-likeness (QED) is 0.745. The summed E-state index contributed by atoms with van der Waals surface area (Å²) in [6.07, 6.45) is 0.617. The number of hydrogen-bond acceptors (Lipinski definition) is 3. The maximum Gasteiger partial charge on any atom is 0.221 e. The van der Waals surface area contributed by atoms with Crippen LogP contribution >= 0.6 is 11.8 Å². The van der Waals surface area contributed by atoms with Gasteiger partial charge < -0.3 is 10.2 Å². The van der Waals surface area contributed by atoms with Crippen LogP contribution in [-0.2, 0) is 4.79 Å². The molecule has 19 heavy (non-hydrogen) atoms. The lowest BCUT2D eigenvalue weighted by Gasteiger charge is -2.25. The molecule has 0 spiro atoms. The van der Waals surface area contributed by atoms with Gasteiger partial charge in [-0.05, 0) is 31.2 Å². The summed E-state index contributed by atoms with van der Waals surface area (Å²) in [6.45, 7) is 12.7. The second kappa shape index (κ2) is 8.85. The van der Waals surface area contributed by atoms with Crippen LogP contribution in [0.1, 0.15) is 41.0 Å². The van der Waals surface area contributed by atoms with Crippen molar-refractivity contribution in [3.05, 3.63) is 0 Å². The monoisotopic (exact) mass is 288 g/mol. The largest absolute Gasteiger partial charge is 0.356 e. The molecule has 0 aromatic rings. The molecule has 1 atom stereocenters. The summed E-state index contributed by atoms with van der Waals surface area (Å²) >= 11 is 1.92. The molecule has 0 aliphatic heterocycles. The molecule has 0 rings (SSSR count). The van der Waals surface area contributed by atoms with Crippen LogP contribution in [0.4, 0.5) is 0 Å². The van der Waals surface area contributed by atoms with Gasteiger partial charge in [-0.25, -0.2) is 0 Å². The van der Waals surface area contributed by atoms with E-state index in [1.165, 1.54) is 0 Å². The Balaban J connectivity index is 4.22. The Morgan fingerprint density at radius 3 is 2.26 bits per heavy atom. The number of thioether (sulfide) groups is 1. The van der Waals surface area contributed by atoms with Crippen molar-refractivity contribution >= 4 is 17.7 Å². The highest BCUT2D eigenvalue weighted by molar-refractivity contribution is 8.00. The normalized spacial score (nSPS) is 13.9. The fourth-order valence-corrected chi connectivity index (χ4v) is 2.96. The molecule has 0 saturated heterocycles. The maximum atomic E-state index is 11.9. The molecule has 0 heterocycles. The minimum atomic E-state index is 0.182. The summed E-state index contributed by atoms with van der Waals surface area (Å²) < 4.78 is 0. The van der Waals surface area contributed by atoms with Crippen molar-refractivity contribution in [2.45, 2.75) is 46.3 Å². The zero-order valence-electron chi connectivity index (χ0n) is 13.7. The van der Waals surface area contributed by atoms with Crippen molar-refractivity contribution in [3.63, 3.8) is 0 Å². The lowest BCUT2D eigenvalue weighted by molar-refractivity contribution is -0.121. The molecule has 4 heteroatoms. The molecule has 1 unspecified atom stereocenters. The van der Waals surface area contributed by atoms with Crippen molar-refractivity contribution < 1.29 is 4.79 Å². The SMILES string of the molecule is CC(C)CNC(=O)CC(CN(C)C)SCC(C)(C)C. The highest BCUT2D eigenvalue weighted by Gasteiger charge is 2.19. The molecule has 0 radical (unpaired) electrons. The van der Waals surface area contributed by atoms with Crippen molar-refractivity contribution in [1.29, 1.82) is 0 Å². The Labute approximate surface area is 123 Å². The van der Waals surface area contributed by atoms with Crippen molar-refractivity contribution in [2.75, 3.05) is 32.9 Å². The lowest BCUT2D eigenvalue weighted by atomic mass is 10.0. The Bertz CT molecular complexity index is 259. The molecule has 0 fully saturated rings. The van der Waals surface area contributed by atoms with Gasteiger partial charge >= 0.3 is 0 Å². The Hall–Kier alpha value is -0.220. The summed E-state index contributed by atoms with van der Waals surface area (Å²) in [4.78, 5) is 14.1. The number of nitrogens with zero attached hydrogens (tertiary/aromatic N) is 1. The van der Waals surface area contributed by atoms with Crippen LogP contribution in [0.5, 0.6) is 0 Å². The van der Waals surface area contributed by atoms with Crippen LogP contribution in [-0.4, -0.2) is 49.0 Å². The van der Waals surface area contributed by atoms with Gasteiger partial charge in [0.25, 0.3) is 0 Å². The van der Waals surface area contributed by atoms with Gasteiger partial charge in [0.1, 0.15) is 0 Å². The predicted molar refractivity (Wildman–Crippen MR) is 86.7 cm³/mol. The van der Waals surface area contributed by atoms with Crippen LogP contribution < -0.4 is 5.32 Å². The third-order valence-electron chi connectivity index (χ3n) is 2.44. The number of rotatable bonds is 8. The van der Waals surface area contributed by atoms with Crippen LogP contribution in [0, 0.1) is 11.3 Å². The van der Waals surface area contributed by atoms with Gasteiger partial charge in [-0.15, -0.1) is 0 Å². The molecule has 0 aromatic carbocycles. The molecular weight excluding hydrogens is 256 g/mol. The van der Waals surface area contributed by atoms with Crippen molar-refractivity contribution in [1.82, 2.24) is 10.2 Å². The minimum Gasteiger partial charge on any atom is -0.356 e. The molecule has 0 aliphatic carbocycles. The number of amides is 1. The Kier molecular flexibility index (Phi) is 8.75. The predicted octanol–water partition coefficient (Wildman–Crippen LogP) is 2.86. The van der Waals surface area contributed by atoms with E-state index in [1.807, 2.05) is 11.8 Å². The molecule has 114 valence electrons. The first kappa shape index (κ1) is 18.8. The highest BCUT2D eigenvalue weighted by Crippen LogP contribution is 2.25. The molecule has 0 aromatic heterocycles. The zero-order chi connectivity index (χ0) is 15.1. The first-order chi connectivity index (χ1) is 8.60. The summed E-state index contributed by atoms with van der Waals surface area (Å²) in [5.41, 5.74) is 0.309. The molecule has 0 bridgehead atoms. The van der Waals surface area contributed by atoms with Gasteiger partial charge in [0.05, 0.1) is 0 Å². The standard InChI is InChI=1S/C15H32N2OS/c1-12(2)9-16-14(18)8-13(10-17(6)7)19-11-15(3,4)5/h12-13H,8-11H2,1-7H3,(H,16,18). The third-order valence-corrected chi connectivity index (χ3v) is 4.26. The van der Waals surface area contributed by atoms with E-state index in [0.29, 0.717) is 23.0 Å². The van der Waals surface area contributed by atoms with E-state index in [4.69, 9.17) is 0 Å². The van der Waals surface area contributed by atoms with Gasteiger partial charge in [0.15, 0.2) is 0 Å². The van der Waals surface area contributed by atoms with Gasteiger partial charge in [0, 0.05) is 24.8 Å². The topological polar surface area (TPSA) is 32.3 Å². The van der Waals surface area contributed by atoms with Gasteiger partial charge in [-0.3, -0.25) is 4.79 Å². The van der Waals surface area contributed by atoms with Gasteiger partial charge in [-0.2, -0.15) is 11.8 Å². The summed E-state index contributed by atoms with van der Waals surface area (Å²) in [7, 11) is 4.13. The van der Waals surface area contributed by atoms with E-state index >= 15 is 0 Å². The third kappa shape index (κ3) is 12.6. The second-order valence-corrected chi connectivity index (χ2v) is 8.45. The molecular formula is C15H32N2OS. The number of hydrogen-bond donors (Lipinski definition) is 1. The average molecular weight is 289 g/mol. The smallest absolute Gasteiger partial charge is 0.221 e. The fourth-order valence-electron chi connectivity index (χ4n) is 1.55. The number of carbonyl (C=O) groups is 1. The summed E-state index contributed by atoms with van der Waals surface area (Å²) in [5.74, 6) is 1.78. The van der Waals surface area contributed by atoms with Crippen LogP contribution in [0.2, 0.25) is 0 Å². The molecule has 0 saturated carbocycles.